The van der Waals surface area contributed by atoms with Gasteiger partial charge in [-0.2, -0.15) is 0 Å². The Balaban J connectivity index is 1.94. The number of hydrogen-bond acceptors (Lipinski definition) is 6. The third kappa shape index (κ3) is 2.83. The monoisotopic (exact) mass is 376 g/mol. The lowest BCUT2D eigenvalue weighted by Gasteiger charge is -2.22. The van der Waals surface area contributed by atoms with E-state index in [1.165, 1.54) is 17.0 Å². The lowest BCUT2D eigenvalue weighted by molar-refractivity contribution is -0.132. The molecule has 4 rings (SSSR count). The molecule has 3 aromatic rings. The molecule has 140 valence electrons. The Morgan fingerprint density at radius 1 is 1.07 bits per heavy atom. The van der Waals surface area contributed by atoms with Crippen molar-refractivity contribution < 1.29 is 24.3 Å². The number of carbonyl (C=O) groups is 2. The maximum Gasteiger partial charge on any atom is 0.301 e. The molecule has 0 aliphatic carbocycles. The highest BCUT2D eigenvalue weighted by atomic mass is 16.5. The minimum Gasteiger partial charge on any atom is -0.508 e. The zero-order valence-electron chi connectivity index (χ0n) is 14.9. The van der Waals surface area contributed by atoms with E-state index in [1.807, 2.05) is 0 Å². The van der Waals surface area contributed by atoms with Crippen LogP contribution in [0.3, 0.4) is 0 Å². The molecule has 1 atom stereocenters. The summed E-state index contributed by atoms with van der Waals surface area (Å²) in [5.74, 6) is -1.22. The number of nitrogens with zero attached hydrogens (tertiary/aromatic N) is 2. The Morgan fingerprint density at radius 2 is 1.75 bits per heavy atom. The maximum absolute atomic E-state index is 12.8. The fraction of sp³-hybridized carbons (Fsp3) is 0.0952. The first-order valence-corrected chi connectivity index (χ1v) is 8.56. The van der Waals surface area contributed by atoms with Crippen LogP contribution >= 0.6 is 0 Å². The number of hydrogen-bond donors (Lipinski definition) is 2. The molecule has 0 spiro atoms. The van der Waals surface area contributed by atoms with Crippen LogP contribution in [0, 0.1) is 6.92 Å². The van der Waals surface area contributed by atoms with Gasteiger partial charge in [0.25, 0.3) is 5.78 Å². The molecule has 1 aliphatic rings. The van der Waals surface area contributed by atoms with Crippen molar-refractivity contribution in [2.45, 2.75) is 13.0 Å². The van der Waals surface area contributed by atoms with Gasteiger partial charge in [-0.15, -0.1) is 0 Å². The second-order valence-electron chi connectivity index (χ2n) is 6.42. The van der Waals surface area contributed by atoms with Gasteiger partial charge < -0.3 is 14.7 Å². The summed E-state index contributed by atoms with van der Waals surface area (Å²) < 4.78 is 5.07. The second-order valence-corrected chi connectivity index (χ2v) is 6.42. The normalized spacial score (nSPS) is 18.6. The van der Waals surface area contributed by atoms with Crippen LogP contribution in [0.5, 0.6) is 5.75 Å². The van der Waals surface area contributed by atoms with Crippen LogP contribution in [0.1, 0.15) is 22.9 Å². The number of anilines is 1. The molecule has 0 bridgehead atoms. The van der Waals surface area contributed by atoms with Crippen molar-refractivity contribution in [2.24, 2.45) is 0 Å². The van der Waals surface area contributed by atoms with Crippen molar-refractivity contribution in [3.63, 3.8) is 0 Å². The zero-order chi connectivity index (χ0) is 19.8. The van der Waals surface area contributed by atoms with Crippen LogP contribution in [-0.2, 0) is 9.59 Å². The minimum atomic E-state index is -0.912. The predicted octanol–water partition coefficient (Wildman–Crippen LogP) is 3.31. The summed E-state index contributed by atoms with van der Waals surface area (Å²) in [7, 11) is 0. The number of aryl methyl sites for hydroxylation is 1. The molecular formula is C21H16N2O5. The van der Waals surface area contributed by atoms with E-state index in [0.29, 0.717) is 16.9 Å². The molecule has 1 unspecified atom stereocenters. The molecule has 0 radical (unpaired) electrons. The third-order valence-electron chi connectivity index (χ3n) is 4.56. The van der Waals surface area contributed by atoms with Gasteiger partial charge in [0.05, 0.1) is 11.6 Å². The molecule has 1 fully saturated rings. The fourth-order valence-electron chi connectivity index (χ4n) is 3.26. The van der Waals surface area contributed by atoms with Gasteiger partial charge in [-0.05, 0) is 24.6 Å². The van der Waals surface area contributed by atoms with E-state index in [0.717, 1.165) is 0 Å². The van der Waals surface area contributed by atoms with E-state index in [4.69, 9.17) is 4.52 Å². The quantitative estimate of drug-likeness (QED) is 0.413. The number of aliphatic hydroxyl groups is 1. The third-order valence-corrected chi connectivity index (χ3v) is 4.56. The molecule has 1 aromatic heterocycles. The summed E-state index contributed by atoms with van der Waals surface area (Å²) in [6.07, 6.45) is 0. The molecule has 2 heterocycles. The van der Waals surface area contributed by atoms with Crippen LogP contribution < -0.4 is 4.90 Å². The molecule has 2 aromatic carbocycles. The number of Topliss-reactive ketones (excluding diaryl/α,β-unsaturated/α-hetero) is 1. The summed E-state index contributed by atoms with van der Waals surface area (Å²) in [6.45, 7) is 1.67. The molecule has 1 saturated heterocycles. The van der Waals surface area contributed by atoms with Gasteiger partial charge in [-0.25, -0.2) is 0 Å². The Labute approximate surface area is 160 Å². The number of phenolic OH excluding ortho intramolecular Hbond substituents is 1. The molecule has 7 nitrogen and oxygen atoms in total. The van der Waals surface area contributed by atoms with Crippen LogP contribution in [-0.4, -0.2) is 27.1 Å². The number of amides is 1. The molecular weight excluding hydrogens is 360 g/mol. The number of phenols is 1. The van der Waals surface area contributed by atoms with Gasteiger partial charge in [0.2, 0.25) is 0 Å². The summed E-state index contributed by atoms with van der Waals surface area (Å²) in [4.78, 5) is 26.9. The second kappa shape index (κ2) is 6.70. The van der Waals surface area contributed by atoms with E-state index < -0.39 is 17.7 Å². The lowest BCUT2D eigenvalue weighted by atomic mass is 9.95. The van der Waals surface area contributed by atoms with Crippen LogP contribution in [0.25, 0.3) is 5.76 Å². The topological polar surface area (TPSA) is 104 Å². The predicted molar refractivity (Wildman–Crippen MR) is 101 cm³/mol. The van der Waals surface area contributed by atoms with E-state index in [1.54, 1.807) is 55.5 Å². The first-order chi connectivity index (χ1) is 13.5. The summed E-state index contributed by atoms with van der Waals surface area (Å²) in [5.41, 5.74) is 0.901. The van der Waals surface area contributed by atoms with Crippen molar-refractivity contribution in [3.8, 4) is 5.75 Å². The number of aromatic nitrogens is 1. The van der Waals surface area contributed by atoms with Crippen molar-refractivity contribution in [3.05, 3.63) is 83.1 Å². The highest BCUT2D eigenvalue weighted by molar-refractivity contribution is 6.51. The molecule has 0 saturated carbocycles. The zero-order valence-corrected chi connectivity index (χ0v) is 14.9. The summed E-state index contributed by atoms with van der Waals surface area (Å²) in [5, 5.41) is 24.3. The Morgan fingerprint density at radius 3 is 2.36 bits per heavy atom. The van der Waals surface area contributed by atoms with Gasteiger partial charge in [0.15, 0.2) is 5.82 Å². The Hall–Kier alpha value is -3.87. The number of ketones is 1. The first-order valence-electron chi connectivity index (χ1n) is 8.56. The average molecular weight is 376 g/mol. The molecule has 2 N–H and O–H groups in total. The Bertz CT molecular complexity index is 1080. The molecule has 1 aliphatic heterocycles. The van der Waals surface area contributed by atoms with Crippen molar-refractivity contribution >= 4 is 23.3 Å². The minimum absolute atomic E-state index is 0.0426. The van der Waals surface area contributed by atoms with E-state index >= 15 is 0 Å². The van der Waals surface area contributed by atoms with Crippen LogP contribution in [0.2, 0.25) is 0 Å². The van der Waals surface area contributed by atoms with Crippen LogP contribution in [0.4, 0.5) is 5.82 Å². The number of aromatic hydroxyl groups is 1. The highest BCUT2D eigenvalue weighted by Gasteiger charge is 2.48. The first kappa shape index (κ1) is 17.5. The summed E-state index contributed by atoms with van der Waals surface area (Å²) >= 11 is 0. The van der Waals surface area contributed by atoms with Gasteiger partial charge in [-0.3, -0.25) is 14.5 Å². The number of benzene rings is 2. The van der Waals surface area contributed by atoms with Gasteiger partial charge in [-0.1, -0.05) is 47.6 Å². The molecule has 1 amide bonds. The number of aliphatic hydroxyl groups excluding tert-OH is 1. The van der Waals surface area contributed by atoms with E-state index in [-0.39, 0.29) is 22.9 Å². The van der Waals surface area contributed by atoms with Gasteiger partial charge >= 0.3 is 5.91 Å². The van der Waals surface area contributed by atoms with E-state index in [2.05, 4.69) is 5.16 Å². The highest BCUT2D eigenvalue weighted by Crippen LogP contribution is 2.42. The summed E-state index contributed by atoms with van der Waals surface area (Å²) in [6, 6.07) is 15.2. The smallest absolute Gasteiger partial charge is 0.301 e. The van der Waals surface area contributed by atoms with Crippen molar-refractivity contribution in [1.82, 2.24) is 5.16 Å². The standard InChI is InChI=1S/C21H16N2O5/c1-12-11-16(22-28-12)23-18(13-7-9-15(24)10-8-13)17(20(26)21(23)27)19(25)14-5-3-2-4-6-14/h2-11,18,24-25H,1H3. The Kier molecular flexibility index (Phi) is 4.19. The van der Waals surface area contributed by atoms with Crippen molar-refractivity contribution in [2.75, 3.05) is 4.90 Å². The average Bonchev–Trinajstić information content (AvgIpc) is 3.24. The van der Waals surface area contributed by atoms with Crippen LogP contribution in [0.15, 0.2) is 70.8 Å². The fourth-order valence-corrected chi connectivity index (χ4v) is 3.26. The largest absolute Gasteiger partial charge is 0.508 e. The maximum atomic E-state index is 12.8. The molecule has 28 heavy (non-hydrogen) atoms. The molecule has 7 heteroatoms. The van der Waals surface area contributed by atoms with Crippen molar-refractivity contribution in [1.29, 1.82) is 0 Å². The van der Waals surface area contributed by atoms with Gasteiger partial charge in [0, 0.05) is 11.6 Å². The number of rotatable bonds is 3. The number of carbonyl (C=O) groups excluding carboxylic acids is 2. The SMILES string of the molecule is Cc1cc(N2C(=O)C(=O)C(=C(O)c3ccccc3)C2c2ccc(O)cc2)no1. The van der Waals surface area contributed by atoms with E-state index in [9.17, 15) is 19.8 Å². The lowest BCUT2D eigenvalue weighted by Crippen LogP contribution is -2.29. The van der Waals surface area contributed by atoms with Gasteiger partial charge in [0.1, 0.15) is 17.3 Å².